The zero-order valence-electron chi connectivity index (χ0n) is 14.7. The van der Waals surface area contributed by atoms with Crippen molar-refractivity contribution in [3.63, 3.8) is 0 Å². The van der Waals surface area contributed by atoms with Crippen molar-refractivity contribution in [3.05, 3.63) is 59.4 Å². The van der Waals surface area contributed by atoms with Gasteiger partial charge in [0.25, 0.3) is 5.91 Å². The highest BCUT2D eigenvalue weighted by Crippen LogP contribution is 2.36. The molecule has 8 heteroatoms. The Kier molecular flexibility index (Phi) is 5.65. The number of hydrogen-bond acceptors (Lipinski definition) is 5. The number of halogens is 2. The van der Waals surface area contributed by atoms with Gasteiger partial charge in [0.05, 0.1) is 11.2 Å². The van der Waals surface area contributed by atoms with Gasteiger partial charge < -0.3 is 15.8 Å². The van der Waals surface area contributed by atoms with Crippen LogP contribution in [0.2, 0.25) is 0 Å². The second kappa shape index (κ2) is 7.96. The van der Waals surface area contributed by atoms with Gasteiger partial charge in [-0.1, -0.05) is 23.9 Å². The van der Waals surface area contributed by atoms with Crippen molar-refractivity contribution in [1.29, 1.82) is 0 Å². The van der Waals surface area contributed by atoms with Crippen LogP contribution >= 0.6 is 11.8 Å². The average molecular weight is 391 g/mol. The van der Waals surface area contributed by atoms with Crippen LogP contribution in [0.4, 0.5) is 14.5 Å². The molecule has 1 amide bonds. The quantitative estimate of drug-likeness (QED) is 0.806. The first-order valence-corrected chi connectivity index (χ1v) is 9.28. The van der Waals surface area contributed by atoms with Gasteiger partial charge in [-0.05, 0) is 49.2 Å². The first kappa shape index (κ1) is 19.2. The highest BCUT2D eigenvalue weighted by Gasteiger charge is 2.30. The van der Waals surface area contributed by atoms with Crippen molar-refractivity contribution in [2.45, 2.75) is 18.9 Å². The molecule has 0 fully saturated rings. The van der Waals surface area contributed by atoms with Crippen LogP contribution in [0.3, 0.4) is 0 Å². The van der Waals surface area contributed by atoms with Crippen LogP contribution < -0.4 is 15.8 Å². The molecule has 1 aliphatic heterocycles. The molecule has 2 aromatic carbocycles. The van der Waals surface area contributed by atoms with Crippen LogP contribution in [0.1, 0.15) is 29.3 Å². The zero-order valence-corrected chi connectivity index (χ0v) is 15.5. The lowest BCUT2D eigenvalue weighted by Crippen LogP contribution is -2.29. The fraction of sp³-hybridized carbons (Fsp3) is 0.263. The minimum Gasteiger partial charge on any atom is -0.463 e. The van der Waals surface area contributed by atoms with Gasteiger partial charge in [-0.25, -0.2) is 8.78 Å². The number of anilines is 1. The second-order valence-electron chi connectivity index (χ2n) is 6.25. The van der Waals surface area contributed by atoms with Crippen molar-refractivity contribution in [2.75, 3.05) is 17.9 Å². The number of thioether (sulfide) groups is 1. The number of carbonyl (C=O) groups excluding carboxylic acids is 1. The van der Waals surface area contributed by atoms with Gasteiger partial charge in [0, 0.05) is 11.3 Å². The number of carbonyl (C=O) groups is 1. The van der Waals surface area contributed by atoms with Gasteiger partial charge in [0.1, 0.15) is 11.6 Å². The number of nitrogens with two attached hydrogens (primary N) is 1. The van der Waals surface area contributed by atoms with E-state index < -0.39 is 24.1 Å². The molecule has 0 bridgehead atoms. The molecule has 1 heterocycles. The van der Waals surface area contributed by atoms with E-state index in [9.17, 15) is 13.6 Å². The number of alkyl halides is 1. The number of hydrogen-bond donors (Lipinski definition) is 2. The summed E-state index contributed by atoms with van der Waals surface area (Å²) in [5.41, 5.74) is 6.30. The molecule has 142 valence electrons. The van der Waals surface area contributed by atoms with E-state index in [0.29, 0.717) is 5.17 Å². The third-order valence-electron chi connectivity index (χ3n) is 4.35. The fourth-order valence-corrected chi connectivity index (χ4v) is 3.81. The molecule has 1 aliphatic rings. The molecule has 3 rings (SSSR count). The monoisotopic (exact) mass is 391 g/mol. The van der Waals surface area contributed by atoms with Gasteiger partial charge >= 0.3 is 0 Å². The lowest BCUT2D eigenvalue weighted by atomic mass is 9.89. The van der Waals surface area contributed by atoms with Crippen LogP contribution in [-0.4, -0.2) is 23.7 Å². The third kappa shape index (κ3) is 4.39. The highest BCUT2D eigenvalue weighted by atomic mass is 32.2. The number of ether oxygens (including phenoxy) is 1. The van der Waals surface area contributed by atoms with E-state index in [1.54, 1.807) is 18.2 Å². The van der Waals surface area contributed by atoms with Gasteiger partial charge in [-0.2, -0.15) is 0 Å². The highest BCUT2D eigenvalue weighted by molar-refractivity contribution is 8.13. The fourth-order valence-electron chi connectivity index (χ4n) is 2.84. The molecule has 0 saturated heterocycles. The molecule has 5 nitrogen and oxygen atoms in total. The molecule has 0 saturated carbocycles. The molecule has 1 unspecified atom stereocenters. The summed E-state index contributed by atoms with van der Waals surface area (Å²) < 4.78 is 31.3. The smallest absolute Gasteiger partial charge is 0.255 e. The van der Waals surface area contributed by atoms with Crippen molar-refractivity contribution in [3.8, 4) is 5.75 Å². The topological polar surface area (TPSA) is 76.7 Å². The Morgan fingerprint density at radius 1 is 1.37 bits per heavy atom. The van der Waals surface area contributed by atoms with Crippen LogP contribution in [-0.2, 0) is 5.54 Å². The Morgan fingerprint density at radius 3 is 2.93 bits per heavy atom. The molecule has 0 spiro atoms. The maximum absolute atomic E-state index is 14.3. The zero-order chi connectivity index (χ0) is 19.4. The van der Waals surface area contributed by atoms with Crippen molar-refractivity contribution >= 4 is 28.5 Å². The first-order valence-electron chi connectivity index (χ1n) is 8.29. The first-order chi connectivity index (χ1) is 12.9. The molecule has 3 N–H and O–H groups in total. The predicted octanol–water partition coefficient (Wildman–Crippen LogP) is 4.05. The van der Waals surface area contributed by atoms with Gasteiger partial charge in [0.2, 0.25) is 6.86 Å². The number of nitrogens with zero attached hydrogens (tertiary/aromatic N) is 1. The Labute approximate surface area is 160 Å². The van der Waals surface area contributed by atoms with Crippen LogP contribution in [0.25, 0.3) is 0 Å². The van der Waals surface area contributed by atoms with E-state index in [0.717, 1.165) is 17.7 Å². The molecular formula is C19H19F2N3O2S. The van der Waals surface area contributed by atoms with Gasteiger partial charge in [-0.3, -0.25) is 9.79 Å². The molecule has 27 heavy (non-hydrogen) atoms. The number of amides is 1. The number of rotatable bonds is 5. The summed E-state index contributed by atoms with van der Waals surface area (Å²) in [5.74, 6) is -0.0557. The van der Waals surface area contributed by atoms with Crippen molar-refractivity contribution in [2.24, 2.45) is 10.7 Å². The minimum absolute atomic E-state index is 0.0440. The van der Waals surface area contributed by atoms with E-state index in [1.165, 1.54) is 36.0 Å². The minimum atomic E-state index is -0.998. The number of amidine groups is 1. The van der Waals surface area contributed by atoms with E-state index in [-0.39, 0.29) is 17.0 Å². The van der Waals surface area contributed by atoms with Gasteiger partial charge in [-0.15, -0.1) is 0 Å². The van der Waals surface area contributed by atoms with Crippen LogP contribution in [0, 0.1) is 5.82 Å². The van der Waals surface area contributed by atoms with Crippen LogP contribution in [0.5, 0.6) is 5.75 Å². The number of aliphatic imine (C=N–C) groups is 1. The summed E-state index contributed by atoms with van der Waals surface area (Å²) >= 11 is 1.48. The number of benzene rings is 2. The van der Waals surface area contributed by atoms with Gasteiger partial charge in [0.15, 0.2) is 5.17 Å². The molecule has 2 aromatic rings. The molecule has 0 aliphatic carbocycles. The Morgan fingerprint density at radius 2 is 2.19 bits per heavy atom. The summed E-state index contributed by atoms with van der Waals surface area (Å²) in [6, 6.07) is 10.5. The average Bonchev–Trinajstić information content (AvgIpc) is 2.63. The summed E-state index contributed by atoms with van der Waals surface area (Å²) in [4.78, 5) is 17.0. The SMILES string of the molecule is CC1(c2ccc(F)c(NC(=O)c3cccc(OCF)c3)c2)CCSC(N)=N1. The maximum Gasteiger partial charge on any atom is 0.255 e. The summed E-state index contributed by atoms with van der Waals surface area (Å²) in [7, 11) is 0. The lowest BCUT2D eigenvalue weighted by Gasteiger charge is -2.30. The molecule has 0 radical (unpaired) electrons. The molecule has 1 atom stereocenters. The second-order valence-corrected chi connectivity index (χ2v) is 7.37. The summed E-state index contributed by atoms with van der Waals surface area (Å²) in [6.07, 6.45) is 0.750. The van der Waals surface area contributed by atoms with E-state index in [1.807, 2.05) is 6.92 Å². The van der Waals surface area contributed by atoms with Crippen molar-refractivity contribution in [1.82, 2.24) is 0 Å². The predicted molar refractivity (Wildman–Crippen MR) is 103 cm³/mol. The summed E-state index contributed by atoms with van der Waals surface area (Å²) in [6.45, 7) is 0.929. The van der Waals surface area contributed by atoms with Crippen molar-refractivity contribution < 1.29 is 18.3 Å². The van der Waals surface area contributed by atoms with Crippen LogP contribution in [0.15, 0.2) is 47.5 Å². The standard InChI is InChI=1S/C19H19F2N3O2S/c1-19(7-8-27-18(22)24-19)13-5-6-15(21)16(10-13)23-17(25)12-3-2-4-14(9-12)26-11-20/h2-6,9-10H,7-8,11H2,1H3,(H2,22,24)(H,23,25). The lowest BCUT2D eigenvalue weighted by molar-refractivity contribution is 0.102. The Hall–Kier alpha value is -2.61. The Bertz CT molecular complexity index is 891. The molecular weight excluding hydrogens is 372 g/mol. The largest absolute Gasteiger partial charge is 0.463 e. The van der Waals surface area contributed by atoms with E-state index in [4.69, 9.17) is 10.5 Å². The van der Waals surface area contributed by atoms with E-state index in [2.05, 4.69) is 10.3 Å². The Balaban J connectivity index is 1.86. The van der Waals surface area contributed by atoms with E-state index >= 15 is 0 Å². The summed E-state index contributed by atoms with van der Waals surface area (Å²) in [5, 5.41) is 3.04. The molecule has 0 aromatic heterocycles. The number of nitrogens with one attached hydrogen (secondary N) is 1. The third-order valence-corrected chi connectivity index (χ3v) is 5.14. The normalized spacial score (nSPS) is 19.3. The maximum atomic E-state index is 14.3.